The lowest BCUT2D eigenvalue weighted by Gasteiger charge is -2.32. The molecule has 0 N–H and O–H groups in total. The highest BCUT2D eigenvalue weighted by molar-refractivity contribution is 5.97. The molecule has 0 spiro atoms. The number of hydrogen-bond acceptors (Lipinski definition) is 7. The van der Waals surface area contributed by atoms with E-state index in [-0.39, 0.29) is 12.2 Å². The van der Waals surface area contributed by atoms with Crippen LogP contribution in [0.2, 0.25) is 0 Å². The maximum absolute atomic E-state index is 13.0. The zero-order valence-corrected chi connectivity index (χ0v) is 19.0. The van der Waals surface area contributed by atoms with Crippen molar-refractivity contribution in [3.8, 4) is 11.3 Å². The lowest BCUT2D eigenvalue weighted by molar-refractivity contribution is 0.0991. The van der Waals surface area contributed by atoms with Gasteiger partial charge in [-0.3, -0.25) is 24.3 Å². The van der Waals surface area contributed by atoms with Gasteiger partial charge in [-0.1, -0.05) is 0 Å². The zero-order valence-electron chi connectivity index (χ0n) is 19.0. The number of piperazine rings is 1. The fourth-order valence-electron chi connectivity index (χ4n) is 4.11. The number of likely N-dealkylation sites (N-methyl/N-ethyl adjacent to an activating group) is 1. The minimum atomic E-state index is 0.0345. The van der Waals surface area contributed by atoms with E-state index in [1.807, 2.05) is 37.5 Å². The van der Waals surface area contributed by atoms with Crippen LogP contribution in [0, 0.1) is 0 Å². The number of pyridine rings is 3. The molecule has 8 heteroatoms. The second-order valence-electron chi connectivity index (χ2n) is 8.68. The molecule has 4 aromatic heterocycles. The molecular formula is C25H27N7O. The van der Waals surface area contributed by atoms with Crippen LogP contribution in [0.5, 0.6) is 0 Å². The van der Waals surface area contributed by atoms with E-state index in [9.17, 15) is 4.79 Å². The number of aromatic nitrogens is 5. The molecule has 5 heterocycles. The zero-order chi connectivity index (χ0) is 22.8. The minimum Gasteiger partial charge on any atom is -0.304 e. The van der Waals surface area contributed by atoms with Crippen LogP contribution >= 0.6 is 0 Å². The lowest BCUT2D eigenvalue weighted by atomic mass is 10.1. The summed E-state index contributed by atoms with van der Waals surface area (Å²) in [6.07, 6.45) is 7.47. The molecule has 0 atom stereocenters. The number of nitrogens with zero attached hydrogens (tertiary/aromatic N) is 7. The van der Waals surface area contributed by atoms with Crippen molar-refractivity contribution in [1.82, 2.24) is 34.5 Å². The van der Waals surface area contributed by atoms with E-state index in [2.05, 4.69) is 31.9 Å². The molecular weight excluding hydrogens is 414 g/mol. The van der Waals surface area contributed by atoms with Crippen molar-refractivity contribution in [3.05, 3.63) is 72.1 Å². The SMILES string of the molecule is CN1CCN(Cc2cc(C(=O)Cc3cc4nc(-c5cnn(C)c5)ccc4cn3)ccn2)CC1. The maximum atomic E-state index is 13.0. The highest BCUT2D eigenvalue weighted by atomic mass is 16.1. The Labute approximate surface area is 192 Å². The van der Waals surface area contributed by atoms with Crippen molar-refractivity contribution >= 4 is 16.7 Å². The summed E-state index contributed by atoms with van der Waals surface area (Å²) in [5.41, 5.74) is 4.94. The Bertz CT molecular complexity index is 1290. The Kier molecular flexibility index (Phi) is 5.93. The van der Waals surface area contributed by atoms with E-state index in [0.717, 1.165) is 60.6 Å². The minimum absolute atomic E-state index is 0.0345. The van der Waals surface area contributed by atoms with Crippen LogP contribution in [0.15, 0.2) is 55.1 Å². The smallest absolute Gasteiger partial charge is 0.168 e. The Morgan fingerprint density at radius 2 is 1.82 bits per heavy atom. The van der Waals surface area contributed by atoms with E-state index in [0.29, 0.717) is 11.3 Å². The number of ketones is 1. The molecule has 5 rings (SSSR count). The first-order valence-electron chi connectivity index (χ1n) is 11.2. The summed E-state index contributed by atoms with van der Waals surface area (Å²) in [4.78, 5) is 31.5. The first-order chi connectivity index (χ1) is 16.0. The van der Waals surface area contributed by atoms with E-state index in [1.54, 1.807) is 29.3 Å². The molecule has 0 unspecified atom stereocenters. The number of Topliss-reactive ketones (excluding diaryl/α,β-unsaturated/α-hetero) is 1. The molecule has 8 nitrogen and oxygen atoms in total. The number of hydrogen-bond donors (Lipinski definition) is 0. The largest absolute Gasteiger partial charge is 0.304 e. The van der Waals surface area contributed by atoms with E-state index in [4.69, 9.17) is 4.98 Å². The summed E-state index contributed by atoms with van der Waals surface area (Å²) >= 11 is 0. The number of aryl methyl sites for hydroxylation is 1. The number of fused-ring (bicyclic) bond motifs is 1. The number of carbonyl (C=O) groups is 1. The summed E-state index contributed by atoms with van der Waals surface area (Å²) in [7, 11) is 4.03. The van der Waals surface area contributed by atoms with Crippen molar-refractivity contribution in [2.24, 2.45) is 7.05 Å². The molecule has 0 aromatic carbocycles. The average Bonchev–Trinajstić information content (AvgIpc) is 3.26. The molecule has 0 amide bonds. The first-order valence-corrected chi connectivity index (χ1v) is 11.2. The topological polar surface area (TPSA) is 80.0 Å². The van der Waals surface area contributed by atoms with E-state index < -0.39 is 0 Å². The molecule has 0 bridgehead atoms. The summed E-state index contributed by atoms with van der Waals surface area (Å²) in [5.74, 6) is 0.0345. The van der Waals surface area contributed by atoms with Gasteiger partial charge in [0, 0.05) is 74.9 Å². The van der Waals surface area contributed by atoms with Crippen molar-refractivity contribution in [2.45, 2.75) is 13.0 Å². The molecule has 0 radical (unpaired) electrons. The van der Waals surface area contributed by atoms with Gasteiger partial charge in [0.25, 0.3) is 0 Å². The molecule has 0 saturated carbocycles. The fraction of sp³-hybridized carbons (Fsp3) is 0.320. The van der Waals surface area contributed by atoms with Gasteiger partial charge < -0.3 is 4.90 Å². The van der Waals surface area contributed by atoms with Gasteiger partial charge in [0.15, 0.2) is 5.78 Å². The summed E-state index contributed by atoms with van der Waals surface area (Å²) < 4.78 is 1.75. The Morgan fingerprint density at radius 3 is 2.61 bits per heavy atom. The molecule has 168 valence electrons. The predicted octanol–water partition coefficient (Wildman–Crippen LogP) is 2.60. The second-order valence-corrected chi connectivity index (χ2v) is 8.68. The third kappa shape index (κ3) is 4.97. The van der Waals surface area contributed by atoms with Crippen LogP contribution in [0.4, 0.5) is 0 Å². The highest BCUT2D eigenvalue weighted by Crippen LogP contribution is 2.21. The number of carbonyl (C=O) groups excluding carboxylic acids is 1. The van der Waals surface area contributed by atoms with Crippen LogP contribution in [-0.2, 0) is 20.0 Å². The summed E-state index contributed by atoms with van der Waals surface area (Å²) in [6, 6.07) is 9.57. The lowest BCUT2D eigenvalue weighted by Crippen LogP contribution is -2.44. The monoisotopic (exact) mass is 441 g/mol. The van der Waals surface area contributed by atoms with Gasteiger partial charge in [0.2, 0.25) is 0 Å². The van der Waals surface area contributed by atoms with Crippen LogP contribution in [0.3, 0.4) is 0 Å². The molecule has 1 saturated heterocycles. The third-order valence-corrected chi connectivity index (χ3v) is 6.09. The van der Waals surface area contributed by atoms with Gasteiger partial charge in [-0.05, 0) is 37.4 Å². The van der Waals surface area contributed by atoms with E-state index >= 15 is 0 Å². The molecule has 1 fully saturated rings. The van der Waals surface area contributed by atoms with Crippen LogP contribution in [-0.4, -0.2) is 73.5 Å². The quantitative estimate of drug-likeness (QED) is 0.426. The van der Waals surface area contributed by atoms with E-state index in [1.165, 1.54) is 0 Å². The van der Waals surface area contributed by atoms with Crippen molar-refractivity contribution < 1.29 is 4.79 Å². The predicted molar refractivity (Wildman–Crippen MR) is 127 cm³/mol. The van der Waals surface area contributed by atoms with Crippen molar-refractivity contribution in [2.75, 3.05) is 33.2 Å². The molecule has 0 aliphatic carbocycles. The average molecular weight is 442 g/mol. The fourth-order valence-corrected chi connectivity index (χ4v) is 4.11. The Balaban J connectivity index is 1.31. The van der Waals surface area contributed by atoms with Gasteiger partial charge in [-0.15, -0.1) is 0 Å². The van der Waals surface area contributed by atoms with Crippen LogP contribution < -0.4 is 0 Å². The standard InChI is InChI=1S/C25H27N7O/c1-30-7-9-32(10-8-30)17-22-11-18(5-6-26-22)25(33)13-21-12-24-19(14-27-21)3-4-23(29-24)20-15-28-31(2)16-20/h3-6,11-12,14-16H,7-10,13,17H2,1-2H3. The van der Waals surface area contributed by atoms with Gasteiger partial charge >= 0.3 is 0 Å². The van der Waals surface area contributed by atoms with Crippen molar-refractivity contribution in [3.63, 3.8) is 0 Å². The highest BCUT2D eigenvalue weighted by Gasteiger charge is 2.16. The third-order valence-electron chi connectivity index (χ3n) is 6.09. The molecule has 4 aromatic rings. The van der Waals surface area contributed by atoms with Gasteiger partial charge in [-0.2, -0.15) is 5.10 Å². The molecule has 33 heavy (non-hydrogen) atoms. The first kappa shape index (κ1) is 21.4. The van der Waals surface area contributed by atoms with Gasteiger partial charge in [0.05, 0.1) is 35.2 Å². The van der Waals surface area contributed by atoms with Crippen LogP contribution in [0.25, 0.3) is 22.2 Å². The van der Waals surface area contributed by atoms with Crippen molar-refractivity contribution in [1.29, 1.82) is 0 Å². The second kappa shape index (κ2) is 9.17. The molecule has 1 aliphatic rings. The Morgan fingerprint density at radius 1 is 0.970 bits per heavy atom. The maximum Gasteiger partial charge on any atom is 0.168 e. The number of rotatable bonds is 6. The Hall–Kier alpha value is -3.49. The summed E-state index contributed by atoms with van der Waals surface area (Å²) in [5, 5.41) is 5.16. The van der Waals surface area contributed by atoms with Gasteiger partial charge in [-0.25, -0.2) is 4.98 Å². The normalized spacial score (nSPS) is 15.2. The van der Waals surface area contributed by atoms with Crippen LogP contribution in [0.1, 0.15) is 21.7 Å². The van der Waals surface area contributed by atoms with Gasteiger partial charge in [0.1, 0.15) is 0 Å². The molecule has 1 aliphatic heterocycles. The summed E-state index contributed by atoms with van der Waals surface area (Å²) in [6.45, 7) is 4.92.